The highest BCUT2D eigenvalue weighted by atomic mass is 15.1. The molecule has 2 rings (SSSR count). The van der Waals surface area contributed by atoms with Crippen LogP contribution in [-0.2, 0) is 0 Å². The topological polar surface area (TPSA) is 24.4 Å². The highest BCUT2D eigenvalue weighted by Crippen LogP contribution is 2.27. The molecule has 0 radical (unpaired) electrons. The van der Waals surface area contributed by atoms with Gasteiger partial charge in [-0.05, 0) is 6.42 Å². The van der Waals surface area contributed by atoms with Crippen molar-refractivity contribution in [3.8, 4) is 0 Å². The molecule has 0 aromatic rings. The number of nitrogens with one attached hydrogen (secondary N) is 1. The molecule has 2 atom stereocenters. The molecular formula is C4H6N2. The Kier molecular flexibility index (Phi) is 0.261. The number of nitrogens with zero attached hydrogens (tertiary/aromatic N) is 1. The van der Waals surface area contributed by atoms with Crippen LogP contribution in [0.25, 0.3) is 0 Å². The second kappa shape index (κ2) is 0.600. The molecule has 1 aliphatic carbocycles. The van der Waals surface area contributed by atoms with E-state index < -0.39 is 0 Å². The number of hydrogen-bond donors (Lipinski definition) is 1. The first-order valence-corrected chi connectivity index (χ1v) is 2.24. The summed E-state index contributed by atoms with van der Waals surface area (Å²) in [6, 6.07) is 1.41. The molecule has 0 spiro atoms. The van der Waals surface area contributed by atoms with Gasteiger partial charge in [0.2, 0.25) is 0 Å². The summed E-state index contributed by atoms with van der Waals surface area (Å²) in [6.45, 7) is 0. The Morgan fingerprint density at radius 1 is 1.83 bits per heavy atom. The van der Waals surface area contributed by atoms with E-state index in [1.165, 1.54) is 6.42 Å². The Balaban J connectivity index is 2.26. The van der Waals surface area contributed by atoms with Gasteiger partial charge < -0.3 is 5.32 Å². The first-order valence-electron chi connectivity index (χ1n) is 2.24. The van der Waals surface area contributed by atoms with Gasteiger partial charge in [0.25, 0.3) is 0 Å². The Hall–Kier alpha value is -0.530. The van der Waals surface area contributed by atoms with Crippen LogP contribution in [0, 0.1) is 0 Å². The third-order valence-electron chi connectivity index (χ3n) is 1.31. The number of rotatable bonds is 0. The molecular weight excluding hydrogens is 76.1 g/mol. The van der Waals surface area contributed by atoms with E-state index in [-0.39, 0.29) is 0 Å². The predicted molar refractivity (Wildman–Crippen MR) is 23.8 cm³/mol. The van der Waals surface area contributed by atoms with Crippen LogP contribution in [0.5, 0.6) is 0 Å². The van der Waals surface area contributed by atoms with Crippen molar-refractivity contribution in [3.63, 3.8) is 0 Å². The third kappa shape index (κ3) is 0.161. The number of hydrogen-bond acceptors (Lipinski definition) is 2. The minimum absolute atomic E-state index is 0.671. The van der Waals surface area contributed by atoms with Crippen LogP contribution < -0.4 is 5.32 Å². The zero-order chi connectivity index (χ0) is 3.98. The van der Waals surface area contributed by atoms with Gasteiger partial charge in [-0.1, -0.05) is 0 Å². The van der Waals surface area contributed by atoms with Crippen molar-refractivity contribution in [1.29, 1.82) is 0 Å². The van der Waals surface area contributed by atoms with E-state index in [2.05, 4.69) is 10.3 Å². The molecule has 0 aromatic carbocycles. The summed E-state index contributed by atoms with van der Waals surface area (Å²) in [5.41, 5.74) is 0. The molecule has 0 amide bonds. The molecule has 1 aliphatic heterocycles. The minimum atomic E-state index is 0.671. The average Bonchev–Trinajstić information content (AvgIpc) is 2.17. The molecule has 1 N–H and O–H groups in total. The average molecular weight is 82.1 g/mol. The van der Waals surface area contributed by atoms with Crippen LogP contribution in [-0.4, -0.2) is 18.4 Å². The van der Waals surface area contributed by atoms with Crippen molar-refractivity contribution >= 4 is 6.34 Å². The Morgan fingerprint density at radius 3 is 3.00 bits per heavy atom. The van der Waals surface area contributed by atoms with Crippen molar-refractivity contribution in [2.75, 3.05) is 0 Å². The highest BCUT2D eigenvalue weighted by molar-refractivity contribution is 5.60. The fourth-order valence-corrected chi connectivity index (χ4v) is 0.760. The smallest absolute Gasteiger partial charge is 0.0831 e. The van der Waals surface area contributed by atoms with Crippen molar-refractivity contribution in [3.05, 3.63) is 0 Å². The second-order valence-electron chi connectivity index (χ2n) is 1.85. The third-order valence-corrected chi connectivity index (χ3v) is 1.31. The largest absolute Gasteiger partial charge is 0.371 e. The second-order valence-corrected chi connectivity index (χ2v) is 1.85. The van der Waals surface area contributed by atoms with Crippen LogP contribution in [0.2, 0.25) is 0 Å². The molecule has 32 valence electrons. The van der Waals surface area contributed by atoms with Gasteiger partial charge in [0.05, 0.1) is 18.4 Å². The van der Waals surface area contributed by atoms with Crippen LogP contribution in [0.4, 0.5) is 0 Å². The molecule has 2 nitrogen and oxygen atoms in total. The van der Waals surface area contributed by atoms with E-state index in [0.717, 1.165) is 6.04 Å². The van der Waals surface area contributed by atoms with Crippen LogP contribution >= 0.6 is 0 Å². The standard InChI is InChI=1S/C4H6N2/c1-3-4(1)6-2-5-3/h2-4H,1H2,(H,5,6). The molecule has 1 saturated carbocycles. The monoisotopic (exact) mass is 82.1 g/mol. The molecule has 2 heteroatoms. The molecule has 0 saturated heterocycles. The SMILES string of the molecule is C1=NC2CC2N1. The number of aliphatic imine (C=N–C) groups is 1. The van der Waals surface area contributed by atoms with Crippen molar-refractivity contribution in [1.82, 2.24) is 5.32 Å². The van der Waals surface area contributed by atoms with Gasteiger partial charge in [0, 0.05) is 0 Å². The maximum absolute atomic E-state index is 4.07. The van der Waals surface area contributed by atoms with Gasteiger partial charge in [0.15, 0.2) is 0 Å². The number of fused-ring (bicyclic) bond motifs is 1. The quantitative estimate of drug-likeness (QED) is 0.428. The summed E-state index contributed by atoms with van der Waals surface area (Å²) in [4.78, 5) is 4.07. The van der Waals surface area contributed by atoms with Crippen LogP contribution in [0.3, 0.4) is 0 Å². The van der Waals surface area contributed by atoms with E-state index in [0.29, 0.717) is 6.04 Å². The van der Waals surface area contributed by atoms with Gasteiger partial charge >= 0.3 is 0 Å². The molecule has 1 fully saturated rings. The summed E-state index contributed by atoms with van der Waals surface area (Å²) in [5, 5.41) is 3.10. The lowest BCUT2D eigenvalue weighted by atomic mass is 10.7. The minimum Gasteiger partial charge on any atom is -0.371 e. The molecule has 1 heterocycles. The van der Waals surface area contributed by atoms with E-state index in [1.807, 2.05) is 0 Å². The zero-order valence-electron chi connectivity index (χ0n) is 3.39. The van der Waals surface area contributed by atoms with E-state index >= 15 is 0 Å². The first kappa shape index (κ1) is 2.61. The van der Waals surface area contributed by atoms with Gasteiger partial charge in [-0.3, -0.25) is 4.99 Å². The first-order chi connectivity index (χ1) is 2.97. The van der Waals surface area contributed by atoms with Gasteiger partial charge in [0.1, 0.15) is 0 Å². The molecule has 2 aliphatic rings. The lowest BCUT2D eigenvalue weighted by Crippen LogP contribution is -2.09. The fraction of sp³-hybridized carbons (Fsp3) is 0.750. The van der Waals surface area contributed by atoms with Crippen molar-refractivity contribution in [2.45, 2.75) is 18.5 Å². The zero-order valence-corrected chi connectivity index (χ0v) is 3.39. The predicted octanol–water partition coefficient (Wildman–Crippen LogP) is -0.241. The highest BCUT2D eigenvalue weighted by Gasteiger charge is 2.38. The molecule has 0 bridgehead atoms. The van der Waals surface area contributed by atoms with Crippen LogP contribution in [0.1, 0.15) is 6.42 Å². The molecule has 2 unspecified atom stereocenters. The van der Waals surface area contributed by atoms with E-state index in [9.17, 15) is 0 Å². The summed E-state index contributed by atoms with van der Waals surface area (Å²) < 4.78 is 0. The van der Waals surface area contributed by atoms with Gasteiger partial charge in [-0.15, -0.1) is 0 Å². The summed E-state index contributed by atoms with van der Waals surface area (Å²) in [6.07, 6.45) is 3.08. The summed E-state index contributed by atoms with van der Waals surface area (Å²) in [5.74, 6) is 0. The maximum Gasteiger partial charge on any atom is 0.0831 e. The van der Waals surface area contributed by atoms with Crippen LogP contribution in [0.15, 0.2) is 4.99 Å². The van der Waals surface area contributed by atoms with Crippen molar-refractivity contribution in [2.24, 2.45) is 4.99 Å². The normalized spacial score (nSPS) is 48.0. The van der Waals surface area contributed by atoms with E-state index in [1.54, 1.807) is 6.34 Å². The summed E-state index contributed by atoms with van der Waals surface area (Å²) in [7, 11) is 0. The van der Waals surface area contributed by atoms with E-state index in [4.69, 9.17) is 0 Å². The summed E-state index contributed by atoms with van der Waals surface area (Å²) >= 11 is 0. The van der Waals surface area contributed by atoms with Gasteiger partial charge in [-0.2, -0.15) is 0 Å². The molecule has 0 aromatic heterocycles. The maximum atomic E-state index is 4.07. The lowest BCUT2D eigenvalue weighted by Gasteiger charge is -1.80. The molecule has 6 heavy (non-hydrogen) atoms. The Labute approximate surface area is 36.3 Å². The lowest BCUT2D eigenvalue weighted by molar-refractivity contribution is 0.935. The van der Waals surface area contributed by atoms with Gasteiger partial charge in [-0.25, -0.2) is 0 Å². The Morgan fingerprint density at radius 2 is 2.83 bits per heavy atom. The van der Waals surface area contributed by atoms with Crippen molar-refractivity contribution < 1.29 is 0 Å². The fourth-order valence-electron chi connectivity index (χ4n) is 0.760. The Bertz CT molecular complexity index is 97.7.